The summed E-state index contributed by atoms with van der Waals surface area (Å²) in [7, 11) is 0. The predicted octanol–water partition coefficient (Wildman–Crippen LogP) is 2.88. The summed E-state index contributed by atoms with van der Waals surface area (Å²) in [6, 6.07) is 0. The minimum Gasteiger partial charge on any atom is -0.290 e. The molecule has 13 heavy (non-hydrogen) atoms. The fourth-order valence-electron chi connectivity index (χ4n) is 2.59. The van der Waals surface area contributed by atoms with Crippen molar-refractivity contribution in [2.45, 2.75) is 33.1 Å². The number of ketones is 1. The van der Waals surface area contributed by atoms with Gasteiger partial charge in [-0.25, -0.2) is 0 Å². The zero-order chi connectivity index (χ0) is 9.47. The molecule has 1 heteroatoms. The molecule has 0 aromatic carbocycles. The van der Waals surface area contributed by atoms with Crippen molar-refractivity contribution in [2.24, 2.45) is 11.3 Å². The number of hydrogen-bond donors (Lipinski definition) is 0. The van der Waals surface area contributed by atoms with Crippen molar-refractivity contribution in [3.05, 3.63) is 23.8 Å². The maximum Gasteiger partial charge on any atom is 0.178 e. The number of hydrogen-bond acceptors (Lipinski definition) is 1. The normalized spacial score (nSPS) is 38.5. The van der Waals surface area contributed by atoms with Crippen molar-refractivity contribution in [1.29, 1.82) is 0 Å². The van der Waals surface area contributed by atoms with Crippen LogP contribution in [0, 0.1) is 11.3 Å². The van der Waals surface area contributed by atoms with Gasteiger partial charge in [-0.2, -0.15) is 0 Å². The van der Waals surface area contributed by atoms with E-state index in [1.165, 1.54) is 24.8 Å². The molecular formula is C12H16O. The van der Waals surface area contributed by atoms with Crippen molar-refractivity contribution >= 4 is 5.78 Å². The Balaban J connectivity index is 2.39. The third kappa shape index (κ3) is 1.37. The lowest BCUT2D eigenvalue weighted by Crippen LogP contribution is -2.29. The second-order valence-corrected chi connectivity index (χ2v) is 4.55. The van der Waals surface area contributed by atoms with Crippen LogP contribution in [0.5, 0.6) is 0 Å². The fraction of sp³-hybridized carbons (Fsp3) is 0.583. The Kier molecular flexibility index (Phi) is 1.90. The van der Waals surface area contributed by atoms with E-state index in [1.807, 2.05) is 6.08 Å². The number of carbonyl (C=O) groups is 1. The highest BCUT2D eigenvalue weighted by Crippen LogP contribution is 2.46. The summed E-state index contributed by atoms with van der Waals surface area (Å²) in [6.45, 7) is 4.48. The Morgan fingerprint density at radius 2 is 2.31 bits per heavy atom. The largest absolute Gasteiger partial charge is 0.290 e. The molecule has 0 radical (unpaired) electrons. The first kappa shape index (κ1) is 8.74. The molecular weight excluding hydrogens is 160 g/mol. The Morgan fingerprint density at radius 1 is 1.54 bits per heavy atom. The van der Waals surface area contributed by atoms with Crippen molar-refractivity contribution in [3.8, 4) is 0 Å². The van der Waals surface area contributed by atoms with Crippen LogP contribution < -0.4 is 0 Å². The molecule has 0 bridgehead atoms. The van der Waals surface area contributed by atoms with Gasteiger partial charge in [0.05, 0.1) is 0 Å². The highest BCUT2D eigenvalue weighted by Gasteiger charge is 2.35. The van der Waals surface area contributed by atoms with Crippen LogP contribution in [0.4, 0.5) is 0 Å². The van der Waals surface area contributed by atoms with Gasteiger partial charge in [-0.1, -0.05) is 31.9 Å². The fourth-order valence-corrected chi connectivity index (χ4v) is 2.59. The molecule has 0 N–H and O–H groups in total. The van der Waals surface area contributed by atoms with Crippen molar-refractivity contribution < 1.29 is 4.79 Å². The van der Waals surface area contributed by atoms with Gasteiger partial charge >= 0.3 is 0 Å². The molecule has 70 valence electrons. The Hall–Kier alpha value is -0.850. The van der Waals surface area contributed by atoms with E-state index in [0.717, 1.165) is 0 Å². The summed E-state index contributed by atoms with van der Waals surface area (Å²) in [6.07, 6.45) is 9.40. The smallest absolute Gasteiger partial charge is 0.178 e. The van der Waals surface area contributed by atoms with Crippen molar-refractivity contribution in [2.75, 3.05) is 0 Å². The molecule has 0 spiro atoms. The lowest BCUT2D eigenvalue weighted by atomic mass is 9.65. The molecule has 0 unspecified atom stereocenters. The number of rotatable bonds is 0. The Bertz CT molecular complexity index is 298. The Morgan fingerprint density at radius 3 is 3.08 bits per heavy atom. The SMILES string of the molecule is C[C@@H]1CCC[C@@]2(C)C=CC(=O)C=C12. The minimum absolute atomic E-state index is 0.168. The average Bonchev–Trinajstić information content (AvgIpc) is 2.08. The zero-order valence-corrected chi connectivity index (χ0v) is 8.34. The first-order valence-electron chi connectivity index (χ1n) is 5.07. The number of allylic oxidation sites excluding steroid dienone is 4. The molecule has 0 aromatic heterocycles. The van der Waals surface area contributed by atoms with Crippen LogP contribution >= 0.6 is 0 Å². The van der Waals surface area contributed by atoms with Crippen LogP contribution in [-0.2, 0) is 4.79 Å². The molecule has 1 saturated carbocycles. The summed E-state index contributed by atoms with van der Waals surface area (Å²) >= 11 is 0. The molecule has 0 aliphatic heterocycles. The maximum atomic E-state index is 11.2. The molecule has 2 rings (SSSR count). The van der Waals surface area contributed by atoms with Gasteiger partial charge in [0.1, 0.15) is 0 Å². The average molecular weight is 176 g/mol. The zero-order valence-electron chi connectivity index (χ0n) is 8.34. The van der Waals surface area contributed by atoms with E-state index in [-0.39, 0.29) is 11.2 Å². The standard InChI is InChI=1S/C12H16O/c1-9-4-3-6-12(2)7-5-10(13)8-11(9)12/h5,7-9H,3-4,6H2,1-2H3/t9-,12+/m1/s1. The van der Waals surface area contributed by atoms with Gasteiger partial charge in [-0.05, 0) is 30.9 Å². The van der Waals surface area contributed by atoms with Gasteiger partial charge in [-0.15, -0.1) is 0 Å². The van der Waals surface area contributed by atoms with Gasteiger partial charge in [0.15, 0.2) is 5.78 Å². The topological polar surface area (TPSA) is 17.1 Å². The van der Waals surface area contributed by atoms with Crippen molar-refractivity contribution in [3.63, 3.8) is 0 Å². The van der Waals surface area contributed by atoms with E-state index in [1.54, 1.807) is 6.08 Å². The van der Waals surface area contributed by atoms with Gasteiger partial charge in [0.2, 0.25) is 0 Å². The second-order valence-electron chi connectivity index (χ2n) is 4.55. The van der Waals surface area contributed by atoms with Gasteiger partial charge in [0, 0.05) is 5.41 Å². The van der Waals surface area contributed by atoms with Crippen LogP contribution in [0.3, 0.4) is 0 Å². The second kappa shape index (κ2) is 2.83. The molecule has 1 fully saturated rings. The van der Waals surface area contributed by atoms with Crippen LogP contribution in [0.1, 0.15) is 33.1 Å². The van der Waals surface area contributed by atoms with E-state index >= 15 is 0 Å². The highest BCUT2D eigenvalue weighted by molar-refractivity contribution is 6.01. The molecule has 0 heterocycles. The summed E-state index contributed by atoms with van der Waals surface area (Å²) < 4.78 is 0. The summed E-state index contributed by atoms with van der Waals surface area (Å²) in [5.41, 5.74) is 1.54. The highest BCUT2D eigenvalue weighted by atomic mass is 16.1. The van der Waals surface area contributed by atoms with Crippen LogP contribution in [0.25, 0.3) is 0 Å². The quantitative estimate of drug-likeness (QED) is 0.554. The van der Waals surface area contributed by atoms with Crippen LogP contribution in [0.15, 0.2) is 23.8 Å². The van der Waals surface area contributed by atoms with Gasteiger partial charge < -0.3 is 0 Å². The van der Waals surface area contributed by atoms with E-state index in [0.29, 0.717) is 5.92 Å². The van der Waals surface area contributed by atoms with Gasteiger partial charge in [0.25, 0.3) is 0 Å². The number of carbonyl (C=O) groups excluding carboxylic acids is 1. The van der Waals surface area contributed by atoms with E-state index in [9.17, 15) is 4.79 Å². The maximum absolute atomic E-state index is 11.2. The molecule has 2 aliphatic rings. The third-order valence-corrected chi connectivity index (χ3v) is 3.44. The molecule has 0 aromatic rings. The minimum atomic E-state index is 0.168. The molecule has 1 nitrogen and oxygen atoms in total. The van der Waals surface area contributed by atoms with Gasteiger partial charge in [-0.3, -0.25) is 4.79 Å². The van der Waals surface area contributed by atoms with E-state index in [4.69, 9.17) is 0 Å². The molecule has 0 amide bonds. The third-order valence-electron chi connectivity index (χ3n) is 3.44. The van der Waals surface area contributed by atoms with E-state index < -0.39 is 0 Å². The Labute approximate surface area is 79.5 Å². The summed E-state index contributed by atoms with van der Waals surface area (Å²) in [5.74, 6) is 0.758. The number of fused-ring (bicyclic) bond motifs is 1. The summed E-state index contributed by atoms with van der Waals surface area (Å²) in [5, 5.41) is 0. The van der Waals surface area contributed by atoms with Crippen molar-refractivity contribution in [1.82, 2.24) is 0 Å². The first-order chi connectivity index (χ1) is 6.12. The first-order valence-corrected chi connectivity index (χ1v) is 5.07. The monoisotopic (exact) mass is 176 g/mol. The molecule has 0 saturated heterocycles. The lowest BCUT2D eigenvalue weighted by Gasteiger charge is -2.39. The lowest BCUT2D eigenvalue weighted by molar-refractivity contribution is -0.110. The molecule has 2 atom stereocenters. The van der Waals surface area contributed by atoms with E-state index in [2.05, 4.69) is 19.9 Å². The van der Waals surface area contributed by atoms with Crippen LogP contribution in [0.2, 0.25) is 0 Å². The summed E-state index contributed by atoms with van der Waals surface area (Å²) in [4.78, 5) is 11.2. The van der Waals surface area contributed by atoms with Crippen LogP contribution in [-0.4, -0.2) is 5.78 Å². The molecule has 2 aliphatic carbocycles. The predicted molar refractivity (Wildman–Crippen MR) is 53.4 cm³/mol.